The summed E-state index contributed by atoms with van der Waals surface area (Å²) in [5, 5.41) is 16.6. The van der Waals surface area contributed by atoms with E-state index in [-0.39, 0.29) is 24.8 Å². The molecular weight excluding hydrogens is 360 g/mol. The van der Waals surface area contributed by atoms with Gasteiger partial charge < -0.3 is 10.6 Å². The predicted octanol–water partition coefficient (Wildman–Crippen LogP) is 3.44. The maximum atomic E-state index is 12.0. The third-order valence-corrected chi connectivity index (χ3v) is 4.49. The predicted molar refractivity (Wildman–Crippen MR) is 104 cm³/mol. The van der Waals surface area contributed by atoms with Crippen molar-refractivity contribution in [3.8, 4) is 17.3 Å². The molecule has 1 heterocycles. The van der Waals surface area contributed by atoms with Gasteiger partial charge in [-0.05, 0) is 24.3 Å². The molecule has 3 rings (SSSR count). The number of rotatable bonds is 6. The van der Waals surface area contributed by atoms with E-state index in [4.69, 9.17) is 5.26 Å². The number of anilines is 1. The van der Waals surface area contributed by atoms with Gasteiger partial charge in [0.1, 0.15) is 0 Å². The third kappa shape index (κ3) is 5.00. The van der Waals surface area contributed by atoms with Gasteiger partial charge in [0.05, 0.1) is 17.3 Å². The highest BCUT2D eigenvalue weighted by Gasteiger charge is 2.09. The molecule has 2 aromatic carbocycles. The Morgan fingerprint density at radius 2 is 1.81 bits per heavy atom. The summed E-state index contributed by atoms with van der Waals surface area (Å²) >= 11 is 1.32. The van der Waals surface area contributed by atoms with Gasteiger partial charge in [-0.3, -0.25) is 9.59 Å². The normalized spacial score (nSPS) is 10.0. The average molecular weight is 376 g/mol. The number of nitrogens with one attached hydrogen (secondary N) is 2. The van der Waals surface area contributed by atoms with E-state index in [0.717, 1.165) is 11.3 Å². The van der Waals surface area contributed by atoms with Gasteiger partial charge in [-0.25, -0.2) is 4.98 Å². The number of hydrogen-bond acceptors (Lipinski definition) is 5. The third-order valence-electron chi connectivity index (χ3n) is 3.73. The van der Waals surface area contributed by atoms with Crippen LogP contribution < -0.4 is 10.6 Å². The molecule has 134 valence electrons. The number of nitrogens with zero attached hydrogens (tertiary/aromatic N) is 2. The summed E-state index contributed by atoms with van der Waals surface area (Å²) in [4.78, 5) is 28.3. The maximum Gasteiger partial charge on any atom is 0.251 e. The molecule has 0 aliphatic carbocycles. The Kier molecular flexibility index (Phi) is 5.92. The molecule has 0 atom stereocenters. The highest BCUT2D eigenvalue weighted by molar-refractivity contribution is 7.14. The molecule has 0 fully saturated rings. The van der Waals surface area contributed by atoms with Crippen LogP contribution in [0.1, 0.15) is 22.3 Å². The van der Waals surface area contributed by atoms with Gasteiger partial charge in [0.15, 0.2) is 5.13 Å². The lowest BCUT2D eigenvalue weighted by molar-refractivity contribution is -0.116. The summed E-state index contributed by atoms with van der Waals surface area (Å²) in [6.45, 7) is 0.243. The number of carbonyl (C=O) groups is 2. The molecular formula is C20H16N4O2S. The standard InChI is InChI=1S/C20H16N4O2S/c21-12-14-6-8-15(9-7-14)17-13-27-20(23-17)24-18(25)10-11-22-19(26)16-4-2-1-3-5-16/h1-9,13H,10-11H2,(H,22,26)(H,23,24,25). The van der Waals surface area contributed by atoms with Crippen LogP contribution in [0.3, 0.4) is 0 Å². The summed E-state index contributed by atoms with van der Waals surface area (Å²) in [6, 6.07) is 18.0. The highest BCUT2D eigenvalue weighted by atomic mass is 32.1. The first kappa shape index (κ1) is 18.3. The molecule has 0 saturated heterocycles. The molecule has 0 aliphatic rings. The van der Waals surface area contributed by atoms with Gasteiger partial charge in [-0.15, -0.1) is 11.3 Å². The fraction of sp³-hybridized carbons (Fsp3) is 0.100. The second-order valence-corrected chi connectivity index (χ2v) is 6.51. The second kappa shape index (κ2) is 8.74. The molecule has 3 aromatic rings. The topological polar surface area (TPSA) is 94.9 Å². The number of aromatic nitrogens is 1. The molecule has 6 nitrogen and oxygen atoms in total. The maximum absolute atomic E-state index is 12.0. The largest absolute Gasteiger partial charge is 0.352 e. The Morgan fingerprint density at radius 1 is 1.07 bits per heavy atom. The minimum absolute atomic E-state index is 0.157. The van der Waals surface area contributed by atoms with Crippen molar-refractivity contribution in [1.82, 2.24) is 10.3 Å². The molecule has 0 unspecified atom stereocenters. The van der Waals surface area contributed by atoms with Crippen LogP contribution in [0.2, 0.25) is 0 Å². The van der Waals surface area contributed by atoms with Gasteiger partial charge in [-0.1, -0.05) is 30.3 Å². The number of hydrogen-bond donors (Lipinski definition) is 2. The monoisotopic (exact) mass is 376 g/mol. The number of thiazole rings is 1. The molecule has 2 N–H and O–H groups in total. The summed E-state index contributed by atoms with van der Waals surface area (Å²) in [5.41, 5.74) is 2.75. The fourth-order valence-electron chi connectivity index (χ4n) is 2.34. The lowest BCUT2D eigenvalue weighted by atomic mass is 10.1. The minimum Gasteiger partial charge on any atom is -0.352 e. The number of carbonyl (C=O) groups excluding carboxylic acids is 2. The Hall–Kier alpha value is -3.50. The quantitative estimate of drug-likeness (QED) is 0.689. The molecule has 0 aliphatic heterocycles. The summed E-state index contributed by atoms with van der Waals surface area (Å²) < 4.78 is 0. The lowest BCUT2D eigenvalue weighted by Crippen LogP contribution is -2.27. The zero-order valence-corrected chi connectivity index (χ0v) is 15.1. The first-order chi connectivity index (χ1) is 13.2. The van der Waals surface area contributed by atoms with Gasteiger partial charge in [0, 0.05) is 29.5 Å². The Labute approximate surface area is 160 Å². The van der Waals surface area contributed by atoms with Crippen LogP contribution in [-0.2, 0) is 4.79 Å². The van der Waals surface area contributed by atoms with E-state index in [9.17, 15) is 9.59 Å². The zero-order valence-electron chi connectivity index (χ0n) is 14.3. The van der Waals surface area contributed by atoms with Crippen LogP contribution in [0.5, 0.6) is 0 Å². The van der Waals surface area contributed by atoms with Crippen LogP contribution in [0, 0.1) is 11.3 Å². The summed E-state index contributed by atoms with van der Waals surface area (Å²) in [5.74, 6) is -0.426. The number of amides is 2. The summed E-state index contributed by atoms with van der Waals surface area (Å²) in [7, 11) is 0. The smallest absolute Gasteiger partial charge is 0.251 e. The van der Waals surface area contributed by atoms with Gasteiger partial charge in [0.25, 0.3) is 5.91 Å². The SMILES string of the molecule is N#Cc1ccc(-c2csc(NC(=O)CCNC(=O)c3ccccc3)n2)cc1. The molecule has 0 radical (unpaired) electrons. The van der Waals surface area contributed by atoms with Gasteiger partial charge >= 0.3 is 0 Å². The highest BCUT2D eigenvalue weighted by Crippen LogP contribution is 2.25. The van der Waals surface area contributed by atoms with E-state index < -0.39 is 0 Å². The van der Waals surface area contributed by atoms with Crippen molar-refractivity contribution in [3.05, 3.63) is 71.1 Å². The average Bonchev–Trinajstić information content (AvgIpc) is 3.17. The summed E-state index contributed by atoms with van der Waals surface area (Å²) in [6.07, 6.45) is 0.157. The van der Waals surface area contributed by atoms with E-state index in [2.05, 4.69) is 21.7 Å². The molecule has 0 spiro atoms. The first-order valence-electron chi connectivity index (χ1n) is 8.25. The molecule has 0 saturated carbocycles. The zero-order chi connectivity index (χ0) is 19.1. The molecule has 1 aromatic heterocycles. The van der Waals surface area contributed by atoms with E-state index in [1.165, 1.54) is 11.3 Å². The Morgan fingerprint density at radius 3 is 2.52 bits per heavy atom. The molecule has 2 amide bonds. The number of benzene rings is 2. The van der Waals surface area contributed by atoms with E-state index >= 15 is 0 Å². The van der Waals surface area contributed by atoms with Crippen molar-refractivity contribution in [2.75, 3.05) is 11.9 Å². The van der Waals surface area contributed by atoms with Crippen molar-refractivity contribution in [3.63, 3.8) is 0 Å². The van der Waals surface area contributed by atoms with Crippen molar-refractivity contribution in [2.45, 2.75) is 6.42 Å². The fourth-order valence-corrected chi connectivity index (χ4v) is 3.08. The van der Waals surface area contributed by atoms with Crippen molar-refractivity contribution >= 4 is 28.3 Å². The first-order valence-corrected chi connectivity index (χ1v) is 9.13. The Bertz CT molecular complexity index is 975. The minimum atomic E-state index is -0.218. The Balaban J connectivity index is 1.49. The van der Waals surface area contributed by atoms with Crippen molar-refractivity contribution in [2.24, 2.45) is 0 Å². The lowest BCUT2D eigenvalue weighted by Gasteiger charge is -2.05. The second-order valence-electron chi connectivity index (χ2n) is 5.65. The molecule has 27 heavy (non-hydrogen) atoms. The van der Waals surface area contributed by atoms with E-state index in [0.29, 0.717) is 16.3 Å². The van der Waals surface area contributed by atoms with Crippen LogP contribution in [0.4, 0.5) is 5.13 Å². The van der Waals surface area contributed by atoms with Crippen LogP contribution in [-0.4, -0.2) is 23.3 Å². The van der Waals surface area contributed by atoms with E-state index in [1.54, 1.807) is 36.4 Å². The van der Waals surface area contributed by atoms with Crippen molar-refractivity contribution in [1.29, 1.82) is 5.26 Å². The van der Waals surface area contributed by atoms with Crippen LogP contribution in [0.15, 0.2) is 60.0 Å². The molecule has 0 bridgehead atoms. The molecule has 7 heteroatoms. The van der Waals surface area contributed by atoms with Crippen molar-refractivity contribution < 1.29 is 9.59 Å². The van der Waals surface area contributed by atoms with Gasteiger partial charge in [-0.2, -0.15) is 5.26 Å². The van der Waals surface area contributed by atoms with E-state index in [1.807, 2.05) is 23.6 Å². The van der Waals surface area contributed by atoms with Crippen LogP contribution in [0.25, 0.3) is 11.3 Å². The number of nitriles is 1. The van der Waals surface area contributed by atoms with Gasteiger partial charge in [0.2, 0.25) is 5.91 Å². The van der Waals surface area contributed by atoms with Crippen LogP contribution >= 0.6 is 11.3 Å².